The number of tetrazole rings is 1. The van der Waals surface area contributed by atoms with Gasteiger partial charge in [-0.1, -0.05) is 30.3 Å². The van der Waals surface area contributed by atoms with Crippen molar-refractivity contribution in [2.24, 2.45) is 5.10 Å². The molecule has 4 aromatic rings. The van der Waals surface area contributed by atoms with E-state index in [0.717, 1.165) is 22.2 Å². The van der Waals surface area contributed by atoms with Gasteiger partial charge in [0.25, 0.3) is 0 Å². The van der Waals surface area contributed by atoms with E-state index in [-0.39, 0.29) is 11.7 Å². The predicted octanol–water partition coefficient (Wildman–Crippen LogP) is 2.87. The molecule has 0 radical (unpaired) electrons. The first kappa shape index (κ1) is 16.6. The molecule has 0 atom stereocenters. The minimum atomic E-state index is -0.389. The van der Waals surface area contributed by atoms with Crippen molar-refractivity contribution in [1.82, 2.24) is 25.6 Å². The fraction of sp³-hybridized carbons (Fsp3) is 0.105. The third kappa shape index (κ3) is 3.20. The first-order valence-electron chi connectivity index (χ1n) is 8.30. The number of fused-ring (bicyclic) bond motifs is 1. The van der Waals surface area contributed by atoms with Crippen LogP contribution < -0.4 is 5.43 Å². The Morgan fingerprint density at radius 2 is 2.04 bits per heavy atom. The van der Waals surface area contributed by atoms with E-state index in [0.29, 0.717) is 11.3 Å². The maximum atomic E-state index is 12.5. The molecule has 8 heteroatoms. The third-order valence-corrected chi connectivity index (χ3v) is 4.25. The molecule has 27 heavy (non-hydrogen) atoms. The van der Waals surface area contributed by atoms with Crippen LogP contribution in [0.5, 0.6) is 0 Å². The van der Waals surface area contributed by atoms with Crippen molar-refractivity contribution in [2.75, 3.05) is 0 Å². The Hall–Kier alpha value is -3.81. The molecule has 1 amide bonds. The Balaban J connectivity index is 1.56. The highest BCUT2D eigenvalue weighted by Gasteiger charge is 2.17. The maximum Gasteiger partial charge on any atom is 0.307 e. The van der Waals surface area contributed by atoms with Crippen molar-refractivity contribution in [2.45, 2.75) is 13.8 Å². The van der Waals surface area contributed by atoms with Crippen LogP contribution in [0.1, 0.15) is 28.6 Å². The second-order valence-corrected chi connectivity index (χ2v) is 6.00. The Bertz CT molecular complexity index is 1140. The van der Waals surface area contributed by atoms with Crippen LogP contribution in [0.15, 0.2) is 64.4 Å². The monoisotopic (exact) mass is 360 g/mol. The molecule has 0 aliphatic heterocycles. The van der Waals surface area contributed by atoms with E-state index >= 15 is 0 Å². The van der Waals surface area contributed by atoms with Gasteiger partial charge in [0.15, 0.2) is 5.76 Å². The zero-order valence-corrected chi connectivity index (χ0v) is 14.7. The molecule has 8 nitrogen and oxygen atoms in total. The topological polar surface area (TPSA) is 98.2 Å². The second kappa shape index (κ2) is 6.83. The summed E-state index contributed by atoms with van der Waals surface area (Å²) in [6, 6.07) is 15.1. The van der Waals surface area contributed by atoms with Gasteiger partial charge in [0, 0.05) is 10.9 Å². The minimum Gasteiger partial charge on any atom is -0.451 e. The number of para-hydroxylation sites is 1. The molecule has 0 saturated carbocycles. The number of hydrogen-bond donors (Lipinski definition) is 1. The first-order chi connectivity index (χ1) is 13.1. The molecular weight excluding hydrogens is 344 g/mol. The predicted molar refractivity (Wildman–Crippen MR) is 99.8 cm³/mol. The summed E-state index contributed by atoms with van der Waals surface area (Å²) in [5, 5.41) is 16.2. The van der Waals surface area contributed by atoms with Gasteiger partial charge < -0.3 is 4.42 Å². The fourth-order valence-corrected chi connectivity index (χ4v) is 2.79. The van der Waals surface area contributed by atoms with Gasteiger partial charge >= 0.3 is 5.91 Å². The Morgan fingerprint density at radius 3 is 2.81 bits per heavy atom. The number of furan rings is 1. The van der Waals surface area contributed by atoms with Crippen molar-refractivity contribution >= 4 is 22.6 Å². The van der Waals surface area contributed by atoms with E-state index in [4.69, 9.17) is 4.42 Å². The van der Waals surface area contributed by atoms with Crippen molar-refractivity contribution < 1.29 is 9.21 Å². The van der Waals surface area contributed by atoms with Gasteiger partial charge in [-0.15, -0.1) is 5.10 Å². The van der Waals surface area contributed by atoms with E-state index in [1.807, 2.05) is 62.4 Å². The summed E-state index contributed by atoms with van der Waals surface area (Å²) in [5.74, 6) is -0.130. The molecule has 0 bridgehead atoms. The number of aromatic nitrogens is 4. The molecule has 2 aromatic carbocycles. The lowest BCUT2D eigenvalue weighted by atomic mass is 10.1. The number of nitrogens with one attached hydrogen (secondary N) is 1. The molecule has 0 fully saturated rings. The van der Waals surface area contributed by atoms with Gasteiger partial charge in [0.2, 0.25) is 0 Å². The molecule has 4 rings (SSSR count). The van der Waals surface area contributed by atoms with Crippen molar-refractivity contribution in [3.63, 3.8) is 0 Å². The van der Waals surface area contributed by atoms with Crippen molar-refractivity contribution in [1.29, 1.82) is 0 Å². The summed E-state index contributed by atoms with van der Waals surface area (Å²) >= 11 is 0. The number of aryl methyl sites for hydroxylation is 1. The van der Waals surface area contributed by atoms with Gasteiger partial charge in [-0.25, -0.2) is 10.1 Å². The molecule has 2 heterocycles. The lowest BCUT2D eigenvalue weighted by Gasteiger charge is -2.05. The number of carbonyl (C=O) groups is 1. The van der Waals surface area contributed by atoms with Gasteiger partial charge in [0.1, 0.15) is 11.9 Å². The molecule has 2 aromatic heterocycles. The molecule has 0 unspecified atom stereocenters. The molecule has 0 aliphatic carbocycles. The Labute approximate surface area is 154 Å². The maximum absolute atomic E-state index is 12.5. The number of benzene rings is 2. The molecule has 0 aliphatic rings. The number of rotatable bonds is 4. The summed E-state index contributed by atoms with van der Waals surface area (Å²) in [6.07, 6.45) is 1.51. The SMILES string of the molecule is C/C(=N/NC(=O)c1oc2ccccc2c1C)c1cccc(-n2cnnn2)c1. The quantitative estimate of drug-likeness (QED) is 0.446. The van der Waals surface area contributed by atoms with E-state index < -0.39 is 0 Å². The molecule has 134 valence electrons. The highest BCUT2D eigenvalue weighted by Crippen LogP contribution is 2.24. The normalized spacial score (nSPS) is 11.7. The molecule has 0 saturated heterocycles. The van der Waals surface area contributed by atoms with Crippen LogP contribution in [-0.4, -0.2) is 31.8 Å². The summed E-state index contributed by atoms with van der Waals surface area (Å²) in [6.45, 7) is 3.66. The number of carbonyl (C=O) groups excluding carboxylic acids is 1. The minimum absolute atomic E-state index is 0.259. The summed E-state index contributed by atoms with van der Waals surface area (Å²) < 4.78 is 7.21. The number of nitrogens with zero attached hydrogens (tertiary/aromatic N) is 5. The smallest absolute Gasteiger partial charge is 0.307 e. The average Bonchev–Trinajstić information content (AvgIpc) is 3.35. The lowest BCUT2D eigenvalue weighted by Crippen LogP contribution is -2.19. The van der Waals surface area contributed by atoms with Gasteiger partial charge in [0.05, 0.1) is 11.4 Å². The molecule has 1 N–H and O–H groups in total. The van der Waals surface area contributed by atoms with Crippen LogP contribution >= 0.6 is 0 Å². The van der Waals surface area contributed by atoms with Crippen LogP contribution in [-0.2, 0) is 0 Å². The third-order valence-electron chi connectivity index (χ3n) is 4.25. The van der Waals surface area contributed by atoms with Crippen molar-refractivity contribution in [3.8, 4) is 5.69 Å². The Kier molecular flexibility index (Phi) is 4.21. The van der Waals surface area contributed by atoms with Crippen LogP contribution in [0, 0.1) is 6.92 Å². The highest BCUT2D eigenvalue weighted by molar-refractivity contribution is 6.02. The standard InChI is InChI=1S/C19H16N6O2/c1-12-16-8-3-4-9-17(16)27-18(12)19(26)22-21-13(2)14-6-5-7-15(10-14)25-11-20-23-24-25/h3-11H,1-2H3,(H,22,26)/b21-13-. The molecule has 0 spiro atoms. The number of hydrogen-bond acceptors (Lipinski definition) is 6. The summed E-state index contributed by atoms with van der Waals surface area (Å²) in [4.78, 5) is 12.5. The summed E-state index contributed by atoms with van der Waals surface area (Å²) in [7, 11) is 0. The van der Waals surface area contributed by atoms with Crippen LogP contribution in [0.2, 0.25) is 0 Å². The average molecular weight is 360 g/mol. The van der Waals surface area contributed by atoms with E-state index in [1.165, 1.54) is 6.33 Å². The van der Waals surface area contributed by atoms with E-state index in [1.54, 1.807) is 4.68 Å². The van der Waals surface area contributed by atoms with Crippen LogP contribution in [0.25, 0.3) is 16.7 Å². The van der Waals surface area contributed by atoms with E-state index in [9.17, 15) is 4.79 Å². The zero-order chi connectivity index (χ0) is 18.8. The van der Waals surface area contributed by atoms with Crippen LogP contribution in [0.4, 0.5) is 0 Å². The summed E-state index contributed by atoms with van der Waals surface area (Å²) in [5.41, 5.74) is 6.31. The van der Waals surface area contributed by atoms with Crippen molar-refractivity contribution in [3.05, 3.63) is 71.7 Å². The Morgan fingerprint density at radius 1 is 1.19 bits per heavy atom. The largest absolute Gasteiger partial charge is 0.451 e. The zero-order valence-electron chi connectivity index (χ0n) is 14.7. The van der Waals surface area contributed by atoms with Crippen LogP contribution in [0.3, 0.4) is 0 Å². The second-order valence-electron chi connectivity index (χ2n) is 6.00. The number of hydrazone groups is 1. The van der Waals surface area contributed by atoms with Gasteiger partial charge in [-0.05, 0) is 48.0 Å². The lowest BCUT2D eigenvalue weighted by molar-refractivity contribution is 0.0928. The highest BCUT2D eigenvalue weighted by atomic mass is 16.3. The molecular formula is C19H16N6O2. The van der Waals surface area contributed by atoms with E-state index in [2.05, 4.69) is 26.1 Å². The number of amides is 1. The fourth-order valence-electron chi connectivity index (χ4n) is 2.79. The van der Waals surface area contributed by atoms with Gasteiger partial charge in [-0.2, -0.15) is 5.10 Å². The van der Waals surface area contributed by atoms with Gasteiger partial charge in [-0.3, -0.25) is 4.79 Å². The first-order valence-corrected chi connectivity index (χ1v) is 8.30.